The van der Waals surface area contributed by atoms with Crippen LogP contribution in [0.15, 0.2) is 42.5 Å². The summed E-state index contributed by atoms with van der Waals surface area (Å²) in [4.78, 5) is 13.8. The zero-order valence-corrected chi connectivity index (χ0v) is 15.1. The number of ether oxygens (including phenoxy) is 1. The summed E-state index contributed by atoms with van der Waals surface area (Å²) in [5.74, 6) is 0.570. The number of benzene rings is 2. The Hall–Kier alpha value is -2.56. The van der Waals surface area contributed by atoms with E-state index >= 15 is 0 Å². The summed E-state index contributed by atoms with van der Waals surface area (Å²) in [7, 11) is 1.60. The third kappa shape index (κ3) is 4.75. The summed E-state index contributed by atoms with van der Waals surface area (Å²) in [5.41, 5.74) is 3.68. The highest BCUT2D eigenvalue weighted by atomic mass is 19.1. The van der Waals surface area contributed by atoms with Gasteiger partial charge in [-0.25, -0.2) is 9.18 Å². The molecule has 0 saturated carbocycles. The van der Waals surface area contributed by atoms with Crippen LogP contribution in [-0.2, 0) is 19.4 Å². The number of urea groups is 1. The van der Waals surface area contributed by atoms with E-state index in [1.54, 1.807) is 24.1 Å². The van der Waals surface area contributed by atoms with Crippen LogP contribution in [0.4, 0.5) is 9.18 Å². The van der Waals surface area contributed by atoms with Gasteiger partial charge in [0.25, 0.3) is 0 Å². The molecule has 4 nitrogen and oxygen atoms in total. The number of carbonyl (C=O) groups is 1. The maximum atomic E-state index is 13.0. The van der Waals surface area contributed by atoms with Crippen molar-refractivity contribution in [1.29, 1.82) is 0 Å². The van der Waals surface area contributed by atoms with Crippen LogP contribution in [0.5, 0.6) is 5.75 Å². The van der Waals surface area contributed by atoms with Gasteiger partial charge in [-0.1, -0.05) is 18.2 Å². The second-order valence-corrected chi connectivity index (χ2v) is 6.59. The normalized spacial score (nSPS) is 13.0. The molecule has 0 aliphatic heterocycles. The number of hydrogen-bond donors (Lipinski definition) is 1. The van der Waals surface area contributed by atoms with Crippen molar-refractivity contribution in [2.45, 2.75) is 32.2 Å². The van der Waals surface area contributed by atoms with Crippen molar-refractivity contribution in [1.82, 2.24) is 10.2 Å². The minimum Gasteiger partial charge on any atom is -0.492 e. The lowest BCUT2D eigenvalue weighted by Crippen LogP contribution is -2.40. The Balaban J connectivity index is 1.57. The van der Waals surface area contributed by atoms with E-state index in [0.717, 1.165) is 24.2 Å². The number of halogens is 1. The summed E-state index contributed by atoms with van der Waals surface area (Å²) in [6.07, 6.45) is 4.76. The predicted octanol–water partition coefficient (Wildman–Crippen LogP) is 3.92. The fraction of sp³-hybridized carbons (Fsp3) is 0.381. The van der Waals surface area contributed by atoms with E-state index in [-0.39, 0.29) is 11.8 Å². The minimum atomic E-state index is -0.281. The summed E-state index contributed by atoms with van der Waals surface area (Å²) in [6, 6.07) is 12.3. The third-order valence-electron chi connectivity index (χ3n) is 4.74. The molecule has 3 rings (SSSR count). The Morgan fingerprint density at radius 3 is 2.58 bits per heavy atom. The molecule has 2 amide bonds. The molecule has 138 valence electrons. The Morgan fingerprint density at radius 1 is 1.12 bits per heavy atom. The van der Waals surface area contributed by atoms with E-state index in [1.165, 1.54) is 36.1 Å². The van der Waals surface area contributed by atoms with Gasteiger partial charge in [0.1, 0.15) is 18.2 Å². The number of rotatable bonds is 6. The van der Waals surface area contributed by atoms with Crippen molar-refractivity contribution in [3.63, 3.8) is 0 Å². The maximum absolute atomic E-state index is 13.0. The molecule has 1 aliphatic rings. The number of fused-ring (bicyclic) bond motifs is 1. The van der Waals surface area contributed by atoms with Crippen molar-refractivity contribution in [3.8, 4) is 5.75 Å². The Labute approximate surface area is 154 Å². The zero-order chi connectivity index (χ0) is 18.4. The van der Waals surface area contributed by atoms with Crippen molar-refractivity contribution >= 4 is 6.03 Å². The van der Waals surface area contributed by atoms with Gasteiger partial charge in [-0.05, 0) is 66.6 Å². The SMILES string of the molecule is CNC(=O)N(CCOc1ccc2c(c1)CCCC2)Cc1ccc(F)cc1. The molecule has 5 heteroatoms. The molecule has 1 N–H and O–H groups in total. The van der Waals surface area contributed by atoms with E-state index in [1.807, 2.05) is 6.07 Å². The lowest BCUT2D eigenvalue weighted by atomic mass is 9.92. The first-order valence-corrected chi connectivity index (χ1v) is 9.11. The second kappa shape index (κ2) is 8.70. The smallest absolute Gasteiger partial charge is 0.317 e. The van der Waals surface area contributed by atoms with Gasteiger partial charge >= 0.3 is 6.03 Å². The van der Waals surface area contributed by atoms with Crippen LogP contribution in [0.2, 0.25) is 0 Å². The van der Waals surface area contributed by atoms with Gasteiger partial charge in [0, 0.05) is 13.6 Å². The van der Waals surface area contributed by atoms with Gasteiger partial charge in [-0.15, -0.1) is 0 Å². The number of nitrogens with zero attached hydrogens (tertiary/aromatic N) is 1. The molecule has 1 aliphatic carbocycles. The monoisotopic (exact) mass is 356 g/mol. The summed E-state index contributed by atoms with van der Waals surface area (Å²) < 4.78 is 18.9. The number of aryl methyl sites for hydroxylation is 2. The second-order valence-electron chi connectivity index (χ2n) is 6.59. The molecule has 0 saturated heterocycles. The van der Waals surface area contributed by atoms with Gasteiger partial charge < -0.3 is 15.0 Å². The van der Waals surface area contributed by atoms with Crippen LogP contribution in [0.1, 0.15) is 29.5 Å². The first-order chi connectivity index (χ1) is 12.7. The lowest BCUT2D eigenvalue weighted by molar-refractivity contribution is 0.181. The van der Waals surface area contributed by atoms with Crippen LogP contribution in [0.25, 0.3) is 0 Å². The average molecular weight is 356 g/mol. The van der Waals surface area contributed by atoms with Crippen molar-refractivity contribution in [2.75, 3.05) is 20.2 Å². The third-order valence-corrected chi connectivity index (χ3v) is 4.74. The van der Waals surface area contributed by atoms with Crippen molar-refractivity contribution < 1.29 is 13.9 Å². The van der Waals surface area contributed by atoms with Gasteiger partial charge in [0.2, 0.25) is 0 Å². The van der Waals surface area contributed by atoms with E-state index in [2.05, 4.69) is 17.4 Å². The van der Waals surface area contributed by atoms with Crippen molar-refractivity contribution in [3.05, 3.63) is 65.0 Å². The number of amides is 2. The Kier molecular flexibility index (Phi) is 6.10. The average Bonchev–Trinajstić information content (AvgIpc) is 2.68. The van der Waals surface area contributed by atoms with Crippen LogP contribution in [0, 0.1) is 5.82 Å². The molecule has 0 atom stereocenters. The molecule has 2 aromatic rings. The summed E-state index contributed by atoms with van der Waals surface area (Å²) in [6.45, 7) is 1.27. The first-order valence-electron chi connectivity index (χ1n) is 9.11. The highest BCUT2D eigenvalue weighted by Crippen LogP contribution is 2.25. The van der Waals surface area contributed by atoms with E-state index in [0.29, 0.717) is 19.7 Å². The van der Waals surface area contributed by atoms with Gasteiger partial charge in [0.05, 0.1) is 6.54 Å². The highest BCUT2D eigenvalue weighted by molar-refractivity contribution is 5.73. The zero-order valence-electron chi connectivity index (χ0n) is 15.1. The van der Waals surface area contributed by atoms with Crippen LogP contribution >= 0.6 is 0 Å². The summed E-state index contributed by atoms with van der Waals surface area (Å²) >= 11 is 0. The number of carbonyl (C=O) groups excluding carboxylic acids is 1. The Bertz CT molecular complexity index is 746. The molecule has 2 aromatic carbocycles. The molecule has 0 heterocycles. The molecular weight excluding hydrogens is 331 g/mol. The van der Waals surface area contributed by atoms with E-state index in [4.69, 9.17) is 4.74 Å². The standard InChI is InChI=1S/C21H25FN2O2/c1-23-21(25)24(15-16-6-9-19(22)10-7-16)12-13-26-20-11-8-17-4-2-3-5-18(17)14-20/h6-11,14H,2-5,12-13,15H2,1H3,(H,23,25). The Morgan fingerprint density at radius 2 is 1.85 bits per heavy atom. The van der Waals surface area contributed by atoms with Gasteiger partial charge in [-0.3, -0.25) is 0 Å². The summed E-state index contributed by atoms with van der Waals surface area (Å²) in [5, 5.41) is 2.64. The quantitative estimate of drug-likeness (QED) is 0.852. The van der Waals surface area contributed by atoms with Crippen molar-refractivity contribution in [2.24, 2.45) is 0 Å². The molecule has 0 fully saturated rings. The van der Waals surface area contributed by atoms with Gasteiger partial charge in [-0.2, -0.15) is 0 Å². The number of nitrogens with one attached hydrogen (secondary N) is 1. The first kappa shape index (κ1) is 18.2. The van der Waals surface area contributed by atoms with E-state index in [9.17, 15) is 9.18 Å². The van der Waals surface area contributed by atoms with E-state index < -0.39 is 0 Å². The molecule has 0 unspecified atom stereocenters. The highest BCUT2D eigenvalue weighted by Gasteiger charge is 2.14. The molecular formula is C21H25FN2O2. The number of hydrogen-bond acceptors (Lipinski definition) is 2. The van der Waals surface area contributed by atoms with Crippen LogP contribution < -0.4 is 10.1 Å². The minimum absolute atomic E-state index is 0.177. The van der Waals surface area contributed by atoms with Crippen LogP contribution in [-0.4, -0.2) is 31.1 Å². The van der Waals surface area contributed by atoms with Crippen LogP contribution in [0.3, 0.4) is 0 Å². The predicted molar refractivity (Wildman–Crippen MR) is 99.8 cm³/mol. The molecule has 0 spiro atoms. The fourth-order valence-electron chi connectivity index (χ4n) is 3.29. The van der Waals surface area contributed by atoms with Gasteiger partial charge in [0.15, 0.2) is 0 Å². The largest absolute Gasteiger partial charge is 0.492 e. The molecule has 0 radical (unpaired) electrons. The topological polar surface area (TPSA) is 41.6 Å². The molecule has 26 heavy (non-hydrogen) atoms. The molecule has 0 bridgehead atoms. The fourth-order valence-corrected chi connectivity index (χ4v) is 3.29. The molecule has 0 aromatic heterocycles. The lowest BCUT2D eigenvalue weighted by Gasteiger charge is -2.23. The maximum Gasteiger partial charge on any atom is 0.317 e.